The van der Waals surface area contributed by atoms with Gasteiger partial charge in [-0.1, -0.05) is 38.1 Å². The van der Waals surface area contributed by atoms with Crippen molar-refractivity contribution >= 4 is 13.7 Å². The molecular weight excluding hydrogens is 192 g/mol. The zero-order valence-electron chi connectivity index (χ0n) is 8.99. The van der Waals surface area contributed by atoms with Gasteiger partial charge >= 0.3 is 8.56 Å². The molecule has 1 rings (SSSR count). The van der Waals surface area contributed by atoms with E-state index in [2.05, 4.69) is 13.8 Å². The van der Waals surface area contributed by atoms with Gasteiger partial charge in [0.1, 0.15) is 0 Å². The summed E-state index contributed by atoms with van der Waals surface area (Å²) < 4.78 is 0. The van der Waals surface area contributed by atoms with Crippen LogP contribution in [0.5, 0.6) is 0 Å². The van der Waals surface area contributed by atoms with Crippen LogP contribution in [0.2, 0.25) is 6.55 Å². The molecule has 14 heavy (non-hydrogen) atoms. The van der Waals surface area contributed by atoms with E-state index >= 15 is 0 Å². The van der Waals surface area contributed by atoms with Gasteiger partial charge in [-0.15, -0.1) is 0 Å². The maximum absolute atomic E-state index is 9.47. The van der Waals surface area contributed by atoms with Crippen molar-refractivity contribution in [2.75, 3.05) is 0 Å². The van der Waals surface area contributed by atoms with Crippen molar-refractivity contribution in [3.8, 4) is 0 Å². The summed E-state index contributed by atoms with van der Waals surface area (Å²) in [4.78, 5) is 18.9. The Labute approximate surface area is 86.5 Å². The van der Waals surface area contributed by atoms with E-state index in [0.717, 1.165) is 6.42 Å². The van der Waals surface area contributed by atoms with Crippen LogP contribution in [-0.2, 0) is 0 Å². The van der Waals surface area contributed by atoms with Crippen LogP contribution in [-0.4, -0.2) is 18.2 Å². The van der Waals surface area contributed by atoms with E-state index in [9.17, 15) is 9.59 Å². The number of rotatable bonds is 3. The fourth-order valence-corrected chi connectivity index (χ4v) is 2.16. The molecule has 0 aliphatic rings. The lowest BCUT2D eigenvalue weighted by molar-refractivity contribution is 0.392. The highest BCUT2D eigenvalue weighted by molar-refractivity contribution is 6.77. The van der Waals surface area contributed by atoms with Crippen LogP contribution in [0.15, 0.2) is 24.3 Å². The first-order valence-corrected chi connectivity index (χ1v) is 7.39. The minimum Gasteiger partial charge on any atom is -0.408 e. The van der Waals surface area contributed by atoms with Crippen molar-refractivity contribution in [1.82, 2.24) is 0 Å². The van der Waals surface area contributed by atoms with Crippen molar-refractivity contribution in [1.29, 1.82) is 0 Å². The summed E-state index contributed by atoms with van der Waals surface area (Å²) >= 11 is 0. The topological polar surface area (TPSA) is 40.5 Å². The molecule has 0 spiro atoms. The van der Waals surface area contributed by atoms with Crippen molar-refractivity contribution in [2.45, 2.75) is 32.7 Å². The highest BCUT2D eigenvalue weighted by Gasteiger charge is 2.24. The quantitative estimate of drug-likeness (QED) is 0.742. The van der Waals surface area contributed by atoms with E-state index in [4.69, 9.17) is 0 Å². The summed E-state index contributed by atoms with van der Waals surface area (Å²) in [6.45, 7) is 5.82. The second kappa shape index (κ2) is 4.25. The van der Waals surface area contributed by atoms with Gasteiger partial charge in [0, 0.05) is 0 Å². The van der Waals surface area contributed by atoms with E-state index in [1.54, 1.807) is 0 Å². The third-order valence-corrected chi connectivity index (χ3v) is 4.07. The largest absolute Gasteiger partial charge is 0.408 e. The molecule has 1 unspecified atom stereocenters. The molecule has 0 saturated heterocycles. The zero-order chi connectivity index (χ0) is 10.8. The molecule has 0 bridgehead atoms. The number of benzene rings is 1. The number of hydrogen-bond donors (Lipinski definition) is 2. The average Bonchev–Trinajstić information content (AvgIpc) is 2.15. The number of hydrogen-bond acceptors (Lipinski definition) is 2. The van der Waals surface area contributed by atoms with Gasteiger partial charge in [-0.3, -0.25) is 0 Å². The molecule has 0 aliphatic carbocycles. The van der Waals surface area contributed by atoms with Crippen LogP contribution in [0.1, 0.15) is 31.7 Å². The maximum atomic E-state index is 9.47. The average molecular weight is 210 g/mol. The second-order valence-electron chi connectivity index (χ2n) is 3.95. The Morgan fingerprint density at radius 1 is 1.21 bits per heavy atom. The molecule has 78 valence electrons. The highest BCUT2D eigenvalue weighted by atomic mass is 28.4. The summed E-state index contributed by atoms with van der Waals surface area (Å²) in [6, 6.07) is 7.63. The van der Waals surface area contributed by atoms with Gasteiger partial charge in [-0.05, 0) is 29.6 Å². The molecule has 0 aromatic heterocycles. The van der Waals surface area contributed by atoms with Gasteiger partial charge in [0.25, 0.3) is 0 Å². The SMILES string of the molecule is CCC(C)c1ccc([Si](C)(O)O)cc1. The molecule has 1 atom stereocenters. The van der Waals surface area contributed by atoms with Crippen LogP contribution in [0.25, 0.3) is 0 Å². The Kier molecular flexibility index (Phi) is 3.47. The molecule has 1 aromatic rings. The minimum absolute atomic E-state index is 0.536. The summed E-state index contributed by atoms with van der Waals surface area (Å²) in [5.74, 6) is 0.536. The Hall–Kier alpha value is -0.643. The molecule has 0 aliphatic heterocycles. The van der Waals surface area contributed by atoms with Crippen molar-refractivity contribution in [3.05, 3.63) is 29.8 Å². The normalized spacial score (nSPS) is 14.1. The van der Waals surface area contributed by atoms with Crippen molar-refractivity contribution in [2.24, 2.45) is 0 Å². The van der Waals surface area contributed by atoms with Gasteiger partial charge in [0.15, 0.2) is 0 Å². The van der Waals surface area contributed by atoms with Gasteiger partial charge in [-0.2, -0.15) is 0 Å². The third kappa shape index (κ3) is 2.67. The van der Waals surface area contributed by atoms with Crippen LogP contribution in [0.3, 0.4) is 0 Å². The van der Waals surface area contributed by atoms with E-state index in [-0.39, 0.29) is 0 Å². The monoisotopic (exact) mass is 210 g/mol. The molecule has 0 saturated carbocycles. The van der Waals surface area contributed by atoms with E-state index < -0.39 is 8.56 Å². The summed E-state index contributed by atoms with van der Waals surface area (Å²) in [6.07, 6.45) is 1.10. The molecule has 1 aromatic carbocycles. The zero-order valence-corrected chi connectivity index (χ0v) is 9.99. The molecule has 0 radical (unpaired) electrons. The minimum atomic E-state index is -3.10. The Balaban J connectivity index is 2.89. The fourth-order valence-electron chi connectivity index (χ4n) is 1.36. The predicted molar refractivity (Wildman–Crippen MR) is 60.8 cm³/mol. The maximum Gasteiger partial charge on any atom is 0.363 e. The highest BCUT2D eigenvalue weighted by Crippen LogP contribution is 2.17. The summed E-state index contributed by atoms with van der Waals surface area (Å²) in [5, 5.41) is 0.671. The predicted octanol–water partition coefficient (Wildman–Crippen LogP) is 1.46. The molecule has 2 N–H and O–H groups in total. The lowest BCUT2D eigenvalue weighted by Crippen LogP contribution is -2.44. The summed E-state index contributed by atoms with van der Waals surface area (Å²) in [7, 11) is -3.10. The van der Waals surface area contributed by atoms with Crippen molar-refractivity contribution < 1.29 is 9.59 Å². The van der Waals surface area contributed by atoms with E-state index in [1.165, 1.54) is 12.1 Å². The Bertz CT molecular complexity index is 287. The second-order valence-corrected chi connectivity index (χ2v) is 6.57. The molecular formula is C11H18O2Si. The van der Waals surface area contributed by atoms with Gasteiger partial charge < -0.3 is 9.59 Å². The summed E-state index contributed by atoms with van der Waals surface area (Å²) in [5.41, 5.74) is 1.26. The fraction of sp³-hybridized carbons (Fsp3) is 0.455. The first-order valence-electron chi connectivity index (χ1n) is 5.00. The molecule has 0 amide bonds. The van der Waals surface area contributed by atoms with Crippen molar-refractivity contribution in [3.63, 3.8) is 0 Å². The molecule has 0 fully saturated rings. The molecule has 2 nitrogen and oxygen atoms in total. The Morgan fingerprint density at radius 3 is 2.07 bits per heavy atom. The van der Waals surface area contributed by atoms with Crippen LogP contribution in [0.4, 0.5) is 0 Å². The first-order chi connectivity index (χ1) is 6.45. The van der Waals surface area contributed by atoms with Crippen LogP contribution < -0.4 is 5.19 Å². The molecule has 3 heteroatoms. The smallest absolute Gasteiger partial charge is 0.363 e. The Morgan fingerprint density at radius 2 is 1.71 bits per heavy atom. The van der Waals surface area contributed by atoms with Crippen LogP contribution in [0, 0.1) is 0 Å². The molecule has 0 heterocycles. The third-order valence-electron chi connectivity index (χ3n) is 2.64. The van der Waals surface area contributed by atoms with E-state index in [0.29, 0.717) is 11.1 Å². The lowest BCUT2D eigenvalue weighted by atomic mass is 9.99. The van der Waals surface area contributed by atoms with Gasteiger partial charge in [-0.25, -0.2) is 0 Å². The van der Waals surface area contributed by atoms with E-state index in [1.807, 2.05) is 24.3 Å². The van der Waals surface area contributed by atoms with Gasteiger partial charge in [0.2, 0.25) is 0 Å². The van der Waals surface area contributed by atoms with Crippen LogP contribution >= 0.6 is 0 Å². The van der Waals surface area contributed by atoms with Gasteiger partial charge in [0.05, 0.1) is 0 Å². The lowest BCUT2D eigenvalue weighted by Gasteiger charge is -2.14. The first kappa shape index (κ1) is 11.4. The standard InChI is InChI=1S/C11H18O2Si/c1-4-9(2)10-5-7-11(8-6-10)14(3,12)13/h5-9,12-13H,4H2,1-3H3.